The van der Waals surface area contributed by atoms with Crippen molar-refractivity contribution in [1.82, 2.24) is 15.5 Å². The monoisotopic (exact) mass is 596 g/mol. The van der Waals surface area contributed by atoms with Crippen LogP contribution in [-0.2, 0) is 41.7 Å². The maximum absolute atomic E-state index is 13.5. The van der Waals surface area contributed by atoms with Crippen LogP contribution in [0.15, 0.2) is 60.7 Å². The fraction of sp³-hybridized carbons (Fsp3) is 0.452. The number of carbonyl (C=O) groups is 5. The van der Waals surface area contributed by atoms with Crippen molar-refractivity contribution in [2.75, 3.05) is 6.54 Å². The first-order valence-corrected chi connectivity index (χ1v) is 14.2. The smallest absolute Gasteiger partial charge is 0.408 e. The van der Waals surface area contributed by atoms with Crippen LogP contribution in [0.2, 0.25) is 0 Å². The van der Waals surface area contributed by atoms with E-state index >= 15 is 0 Å². The van der Waals surface area contributed by atoms with E-state index in [0.29, 0.717) is 24.0 Å². The topological polar surface area (TPSA) is 177 Å². The molecule has 4 atom stereocenters. The molecule has 3 rings (SSSR count). The molecule has 1 saturated heterocycles. The van der Waals surface area contributed by atoms with E-state index < -0.39 is 66.0 Å². The number of hydrogen-bond acceptors (Lipinski definition) is 8. The van der Waals surface area contributed by atoms with Crippen molar-refractivity contribution in [1.29, 1.82) is 0 Å². The summed E-state index contributed by atoms with van der Waals surface area (Å²) >= 11 is 0. The van der Waals surface area contributed by atoms with Gasteiger partial charge in [0.15, 0.2) is 6.10 Å². The highest BCUT2D eigenvalue weighted by Crippen LogP contribution is 2.23. The quantitative estimate of drug-likeness (QED) is 0.267. The number of ether oxygens (including phenoxy) is 2. The first-order valence-electron chi connectivity index (χ1n) is 14.2. The molecule has 0 saturated carbocycles. The lowest BCUT2D eigenvalue weighted by molar-refractivity contribution is -0.165. The second-order valence-electron chi connectivity index (χ2n) is 11.4. The Morgan fingerprint density at radius 1 is 0.977 bits per heavy atom. The van der Waals surface area contributed by atoms with E-state index in [-0.39, 0.29) is 19.6 Å². The third-order valence-corrected chi connectivity index (χ3v) is 6.70. The van der Waals surface area contributed by atoms with Crippen molar-refractivity contribution in [3.63, 3.8) is 0 Å². The number of likely N-dealkylation sites (tertiary alicyclic amines) is 1. The number of alkyl carbamates (subject to hydrolysis) is 1. The van der Waals surface area contributed by atoms with Gasteiger partial charge in [0.1, 0.15) is 24.3 Å². The number of hydrogen-bond donors (Lipinski definition) is 4. The maximum atomic E-state index is 13.5. The second kappa shape index (κ2) is 15.1. The summed E-state index contributed by atoms with van der Waals surface area (Å²) in [6.07, 6.45) is -2.33. The molecule has 232 valence electrons. The molecule has 12 heteroatoms. The standard InChI is InChI=1S/C31H40N4O8/c1-31(2,3)43-29(40)24-15-10-16-35(24)28(39)26(37)22(17-20-11-6-4-7-12-20)33-27(38)23(18-25(32)36)34-30(41)42-19-21-13-8-5-9-14-21/h4-9,11-14,22-24,26,37H,10,15-19H2,1-3H3,(H2,32,36)(H,33,38)(H,34,41)/t22-,23-,24-,26-/m0/s1. The summed E-state index contributed by atoms with van der Waals surface area (Å²) in [5, 5.41) is 16.2. The highest BCUT2D eigenvalue weighted by atomic mass is 16.6. The van der Waals surface area contributed by atoms with Gasteiger partial charge in [0.25, 0.3) is 5.91 Å². The third kappa shape index (κ3) is 10.4. The van der Waals surface area contributed by atoms with Crippen LogP contribution in [0.1, 0.15) is 51.2 Å². The number of aliphatic hydroxyl groups is 1. The summed E-state index contributed by atoms with van der Waals surface area (Å²) in [6.45, 7) is 5.32. The Morgan fingerprint density at radius 2 is 1.58 bits per heavy atom. The highest BCUT2D eigenvalue weighted by Gasteiger charge is 2.41. The summed E-state index contributed by atoms with van der Waals surface area (Å²) < 4.78 is 10.7. The number of nitrogens with two attached hydrogens (primary N) is 1. The van der Waals surface area contributed by atoms with Gasteiger partial charge in [-0.25, -0.2) is 9.59 Å². The van der Waals surface area contributed by atoms with E-state index in [9.17, 15) is 29.1 Å². The normalized spacial score (nSPS) is 16.8. The summed E-state index contributed by atoms with van der Waals surface area (Å²) in [5.41, 5.74) is 5.99. The number of nitrogens with one attached hydrogen (secondary N) is 2. The Balaban J connectivity index is 1.76. The molecular weight excluding hydrogens is 556 g/mol. The molecule has 1 heterocycles. The van der Waals surface area contributed by atoms with Crippen molar-refractivity contribution in [3.8, 4) is 0 Å². The van der Waals surface area contributed by atoms with Gasteiger partial charge in [-0.1, -0.05) is 60.7 Å². The largest absolute Gasteiger partial charge is 0.458 e. The zero-order valence-electron chi connectivity index (χ0n) is 24.7. The summed E-state index contributed by atoms with van der Waals surface area (Å²) in [6, 6.07) is 14.2. The van der Waals surface area contributed by atoms with Crippen LogP contribution in [0.3, 0.4) is 0 Å². The van der Waals surface area contributed by atoms with Crippen LogP contribution in [0.4, 0.5) is 4.79 Å². The lowest BCUT2D eigenvalue weighted by Crippen LogP contribution is -2.58. The van der Waals surface area contributed by atoms with E-state index in [1.807, 2.05) is 6.07 Å². The van der Waals surface area contributed by atoms with Crippen molar-refractivity contribution >= 4 is 29.8 Å². The number of aliphatic hydroxyl groups excluding tert-OH is 1. The van der Waals surface area contributed by atoms with E-state index in [2.05, 4.69) is 10.6 Å². The van der Waals surface area contributed by atoms with Gasteiger partial charge in [0.05, 0.1) is 12.5 Å². The van der Waals surface area contributed by atoms with E-state index in [0.717, 1.165) is 0 Å². The first-order chi connectivity index (χ1) is 20.3. The van der Waals surface area contributed by atoms with Gasteiger partial charge in [-0.2, -0.15) is 0 Å². The van der Waals surface area contributed by atoms with Crippen molar-refractivity contribution in [3.05, 3.63) is 71.8 Å². The summed E-state index contributed by atoms with van der Waals surface area (Å²) in [4.78, 5) is 65.2. The zero-order valence-corrected chi connectivity index (χ0v) is 24.7. The van der Waals surface area contributed by atoms with Gasteiger partial charge in [-0.15, -0.1) is 0 Å². The lowest BCUT2D eigenvalue weighted by atomic mass is 9.99. The Hall–Kier alpha value is -4.45. The summed E-state index contributed by atoms with van der Waals surface area (Å²) in [7, 11) is 0. The van der Waals surface area contributed by atoms with Gasteiger partial charge >= 0.3 is 12.1 Å². The Morgan fingerprint density at radius 3 is 2.16 bits per heavy atom. The van der Waals surface area contributed by atoms with E-state index in [1.54, 1.807) is 75.4 Å². The highest BCUT2D eigenvalue weighted by molar-refractivity contribution is 5.92. The SMILES string of the molecule is CC(C)(C)OC(=O)[C@@H]1CCCN1C(=O)[C@@H](O)[C@H](Cc1ccccc1)NC(=O)[C@H](CC(N)=O)NC(=O)OCc1ccccc1. The Bertz CT molecular complexity index is 1270. The maximum Gasteiger partial charge on any atom is 0.408 e. The molecule has 5 N–H and O–H groups in total. The molecule has 0 spiro atoms. The van der Waals surface area contributed by atoms with Crippen LogP contribution in [0.25, 0.3) is 0 Å². The average Bonchev–Trinajstić information content (AvgIpc) is 3.45. The molecule has 0 radical (unpaired) electrons. The van der Waals surface area contributed by atoms with Gasteiger partial charge in [0, 0.05) is 6.54 Å². The summed E-state index contributed by atoms with van der Waals surface area (Å²) in [5.74, 6) is -3.05. The number of amides is 4. The van der Waals surface area contributed by atoms with Gasteiger partial charge in [0.2, 0.25) is 11.8 Å². The average molecular weight is 597 g/mol. The number of nitrogens with zero attached hydrogens (tertiary/aromatic N) is 1. The molecule has 1 aliphatic heterocycles. The Labute approximate surface area is 250 Å². The molecule has 1 fully saturated rings. The molecule has 12 nitrogen and oxygen atoms in total. The molecule has 2 aromatic carbocycles. The number of primary amides is 1. The number of benzene rings is 2. The number of rotatable bonds is 12. The molecule has 0 bridgehead atoms. The molecule has 0 aliphatic carbocycles. The van der Waals surface area contributed by atoms with Crippen molar-refractivity contribution in [2.24, 2.45) is 5.73 Å². The second-order valence-corrected chi connectivity index (χ2v) is 11.4. The van der Waals surface area contributed by atoms with Crippen LogP contribution in [0.5, 0.6) is 0 Å². The van der Waals surface area contributed by atoms with Crippen molar-refractivity contribution < 1.29 is 38.6 Å². The first kappa shape index (κ1) is 33.1. The van der Waals surface area contributed by atoms with E-state index in [4.69, 9.17) is 15.2 Å². The minimum Gasteiger partial charge on any atom is -0.458 e. The molecule has 2 aromatic rings. The molecule has 4 amide bonds. The Kier molecular flexibility index (Phi) is 11.6. The van der Waals surface area contributed by atoms with E-state index in [1.165, 1.54) is 4.90 Å². The van der Waals surface area contributed by atoms with Gasteiger partial charge < -0.3 is 35.8 Å². The van der Waals surface area contributed by atoms with Gasteiger partial charge in [-0.3, -0.25) is 14.4 Å². The van der Waals surface area contributed by atoms with Crippen LogP contribution in [-0.4, -0.2) is 76.2 Å². The molecule has 43 heavy (non-hydrogen) atoms. The zero-order chi connectivity index (χ0) is 31.6. The van der Waals surface area contributed by atoms with Crippen LogP contribution < -0.4 is 16.4 Å². The predicted molar refractivity (Wildman–Crippen MR) is 156 cm³/mol. The fourth-order valence-corrected chi connectivity index (χ4v) is 4.70. The number of carbonyl (C=O) groups excluding carboxylic acids is 5. The lowest BCUT2D eigenvalue weighted by Gasteiger charge is -2.32. The number of esters is 1. The molecule has 0 unspecified atom stereocenters. The minimum atomic E-state index is -1.76. The van der Waals surface area contributed by atoms with Gasteiger partial charge in [-0.05, 0) is 51.2 Å². The molecular formula is C31H40N4O8. The van der Waals surface area contributed by atoms with Crippen LogP contribution in [0, 0.1) is 0 Å². The fourth-order valence-electron chi connectivity index (χ4n) is 4.70. The minimum absolute atomic E-state index is 0.0339. The van der Waals surface area contributed by atoms with Crippen LogP contribution >= 0.6 is 0 Å². The predicted octanol–water partition coefficient (Wildman–Crippen LogP) is 1.58. The van der Waals surface area contributed by atoms with Crippen molar-refractivity contribution in [2.45, 2.75) is 82.9 Å². The third-order valence-electron chi connectivity index (χ3n) is 6.70. The molecule has 0 aromatic heterocycles. The molecule has 1 aliphatic rings.